The van der Waals surface area contributed by atoms with Crippen molar-refractivity contribution in [1.82, 2.24) is 0 Å². The van der Waals surface area contributed by atoms with Crippen molar-refractivity contribution in [2.45, 2.75) is 25.4 Å². The topological polar surface area (TPSA) is 20.2 Å². The molecule has 0 heterocycles. The van der Waals surface area contributed by atoms with E-state index >= 15 is 0 Å². The van der Waals surface area contributed by atoms with Crippen LogP contribution in [0.25, 0.3) is 0 Å². The highest BCUT2D eigenvalue weighted by atomic mass is 16.3. The van der Waals surface area contributed by atoms with Crippen LogP contribution in [-0.2, 0) is 0 Å². The third-order valence-electron chi connectivity index (χ3n) is 3.97. The molecule has 0 aliphatic heterocycles. The molecule has 3 aliphatic rings. The summed E-state index contributed by atoms with van der Waals surface area (Å²) in [5.41, 5.74) is 0. The number of allylic oxidation sites excluding steroid dienone is 2. The molecule has 3 aliphatic carbocycles. The fourth-order valence-corrected chi connectivity index (χ4v) is 3.51. The van der Waals surface area contributed by atoms with E-state index in [2.05, 4.69) is 12.2 Å². The van der Waals surface area contributed by atoms with Crippen LogP contribution in [-0.4, -0.2) is 11.2 Å². The van der Waals surface area contributed by atoms with Crippen molar-refractivity contribution in [1.29, 1.82) is 0 Å². The van der Waals surface area contributed by atoms with Gasteiger partial charge in [-0.25, -0.2) is 0 Å². The molecule has 2 bridgehead atoms. The molecule has 2 unspecified atom stereocenters. The summed E-state index contributed by atoms with van der Waals surface area (Å²) in [6.45, 7) is 0. The number of aliphatic hydroxyl groups is 1. The summed E-state index contributed by atoms with van der Waals surface area (Å²) in [6.07, 6.45) is 8.38. The molecule has 1 heteroatoms. The summed E-state index contributed by atoms with van der Waals surface area (Å²) in [5.74, 6) is 3.16. The average Bonchev–Trinajstić information content (AvgIpc) is 2.52. The Morgan fingerprint density at radius 3 is 3.00 bits per heavy atom. The summed E-state index contributed by atoms with van der Waals surface area (Å²) >= 11 is 0. The minimum Gasteiger partial charge on any atom is -0.393 e. The first-order chi connectivity index (χ1) is 5.36. The molecule has 0 radical (unpaired) electrons. The summed E-state index contributed by atoms with van der Waals surface area (Å²) in [7, 11) is 0. The number of hydrogen-bond donors (Lipinski definition) is 1. The van der Waals surface area contributed by atoms with Crippen molar-refractivity contribution in [3.8, 4) is 0 Å². The van der Waals surface area contributed by atoms with E-state index in [4.69, 9.17) is 0 Å². The lowest BCUT2D eigenvalue weighted by Crippen LogP contribution is -2.27. The van der Waals surface area contributed by atoms with Gasteiger partial charge in [-0.05, 0) is 42.9 Å². The molecule has 0 spiro atoms. The van der Waals surface area contributed by atoms with Crippen molar-refractivity contribution in [2.24, 2.45) is 23.7 Å². The van der Waals surface area contributed by atoms with Gasteiger partial charge in [0.15, 0.2) is 0 Å². The van der Waals surface area contributed by atoms with Crippen LogP contribution in [0.4, 0.5) is 0 Å². The highest BCUT2D eigenvalue weighted by molar-refractivity contribution is 5.14. The zero-order valence-corrected chi connectivity index (χ0v) is 6.61. The molecule has 0 amide bonds. The minimum absolute atomic E-state index is 0.0315. The summed E-state index contributed by atoms with van der Waals surface area (Å²) < 4.78 is 0. The van der Waals surface area contributed by atoms with Gasteiger partial charge in [0, 0.05) is 0 Å². The lowest BCUT2D eigenvalue weighted by molar-refractivity contribution is 0.0746. The van der Waals surface area contributed by atoms with Gasteiger partial charge >= 0.3 is 0 Å². The van der Waals surface area contributed by atoms with Gasteiger partial charge in [0.05, 0.1) is 6.10 Å². The van der Waals surface area contributed by atoms with Gasteiger partial charge < -0.3 is 5.11 Å². The van der Waals surface area contributed by atoms with Crippen molar-refractivity contribution >= 4 is 0 Å². The van der Waals surface area contributed by atoms with Gasteiger partial charge in [-0.3, -0.25) is 0 Å². The molecule has 5 atom stereocenters. The number of rotatable bonds is 0. The lowest BCUT2D eigenvalue weighted by Gasteiger charge is -2.27. The third-order valence-corrected chi connectivity index (χ3v) is 3.97. The SMILES string of the molecule is O[C@@H]1C[C@@H]2C[C@H]1C1C=CCC12. The standard InChI is InChI=1S/C10H14O/c11-10-5-6-4-9(10)8-3-1-2-7(6)8/h1,3,6-11H,2,4-5H2/t6-,7?,8?,9-,10+/m0/s1. The van der Waals surface area contributed by atoms with Gasteiger partial charge in [0.2, 0.25) is 0 Å². The number of hydrogen-bond acceptors (Lipinski definition) is 1. The second-order valence-corrected chi connectivity index (χ2v) is 4.37. The molecule has 3 rings (SSSR count). The summed E-state index contributed by atoms with van der Waals surface area (Å²) in [5, 5.41) is 9.63. The molecular weight excluding hydrogens is 136 g/mol. The fourth-order valence-electron chi connectivity index (χ4n) is 3.51. The second kappa shape index (κ2) is 1.89. The highest BCUT2D eigenvalue weighted by Gasteiger charge is 2.51. The van der Waals surface area contributed by atoms with Crippen LogP contribution in [0.5, 0.6) is 0 Å². The van der Waals surface area contributed by atoms with Gasteiger partial charge in [0.25, 0.3) is 0 Å². The van der Waals surface area contributed by atoms with E-state index < -0.39 is 0 Å². The van der Waals surface area contributed by atoms with E-state index in [1.54, 1.807) is 0 Å². The second-order valence-electron chi connectivity index (χ2n) is 4.37. The maximum absolute atomic E-state index is 9.63. The Kier molecular flexibility index (Phi) is 1.07. The summed E-state index contributed by atoms with van der Waals surface area (Å²) in [4.78, 5) is 0. The average molecular weight is 150 g/mol. The monoisotopic (exact) mass is 150 g/mol. The Morgan fingerprint density at radius 1 is 1.18 bits per heavy atom. The maximum atomic E-state index is 9.63. The molecule has 2 saturated carbocycles. The van der Waals surface area contributed by atoms with Crippen LogP contribution in [0.15, 0.2) is 12.2 Å². The number of aliphatic hydroxyl groups excluding tert-OH is 1. The molecule has 11 heavy (non-hydrogen) atoms. The highest BCUT2D eigenvalue weighted by Crippen LogP contribution is 2.56. The molecule has 0 aromatic rings. The van der Waals surface area contributed by atoms with E-state index in [1.165, 1.54) is 12.8 Å². The Hall–Kier alpha value is -0.300. The third kappa shape index (κ3) is 0.652. The van der Waals surface area contributed by atoms with E-state index in [1.807, 2.05) is 0 Å². The number of fused-ring (bicyclic) bond motifs is 5. The predicted molar refractivity (Wildman–Crippen MR) is 43.0 cm³/mol. The normalized spacial score (nSPS) is 58.8. The predicted octanol–water partition coefficient (Wildman–Crippen LogP) is 1.58. The lowest BCUT2D eigenvalue weighted by atomic mass is 9.80. The zero-order chi connectivity index (χ0) is 7.42. The van der Waals surface area contributed by atoms with Crippen molar-refractivity contribution in [3.05, 3.63) is 12.2 Å². The largest absolute Gasteiger partial charge is 0.393 e. The molecular formula is C10H14O. The first-order valence-corrected chi connectivity index (χ1v) is 4.71. The van der Waals surface area contributed by atoms with Crippen LogP contribution in [0, 0.1) is 23.7 Å². The Morgan fingerprint density at radius 2 is 2.09 bits per heavy atom. The van der Waals surface area contributed by atoms with Crippen LogP contribution in [0.3, 0.4) is 0 Å². The fraction of sp³-hybridized carbons (Fsp3) is 0.800. The van der Waals surface area contributed by atoms with Gasteiger partial charge in [-0.2, -0.15) is 0 Å². The summed E-state index contributed by atoms with van der Waals surface area (Å²) in [6, 6.07) is 0. The van der Waals surface area contributed by atoms with Crippen LogP contribution in [0.2, 0.25) is 0 Å². The minimum atomic E-state index is 0.0315. The first kappa shape index (κ1) is 6.24. The Bertz CT molecular complexity index is 209. The van der Waals surface area contributed by atoms with Gasteiger partial charge in [-0.1, -0.05) is 12.2 Å². The Balaban J connectivity index is 1.94. The Labute approximate surface area is 67.1 Å². The molecule has 0 aromatic heterocycles. The quantitative estimate of drug-likeness (QED) is 0.520. The molecule has 0 aromatic carbocycles. The first-order valence-electron chi connectivity index (χ1n) is 4.71. The van der Waals surface area contributed by atoms with Gasteiger partial charge in [-0.15, -0.1) is 0 Å². The van der Waals surface area contributed by atoms with E-state index in [0.717, 1.165) is 24.2 Å². The van der Waals surface area contributed by atoms with Crippen molar-refractivity contribution in [3.63, 3.8) is 0 Å². The van der Waals surface area contributed by atoms with E-state index in [-0.39, 0.29) is 6.10 Å². The van der Waals surface area contributed by atoms with E-state index in [0.29, 0.717) is 5.92 Å². The van der Waals surface area contributed by atoms with E-state index in [9.17, 15) is 5.11 Å². The smallest absolute Gasteiger partial charge is 0.0577 e. The van der Waals surface area contributed by atoms with Crippen LogP contribution < -0.4 is 0 Å². The van der Waals surface area contributed by atoms with Crippen LogP contribution in [0.1, 0.15) is 19.3 Å². The van der Waals surface area contributed by atoms with Gasteiger partial charge in [0.1, 0.15) is 0 Å². The molecule has 60 valence electrons. The van der Waals surface area contributed by atoms with Crippen molar-refractivity contribution < 1.29 is 5.11 Å². The molecule has 0 saturated heterocycles. The molecule has 1 N–H and O–H groups in total. The van der Waals surface area contributed by atoms with Crippen molar-refractivity contribution in [2.75, 3.05) is 0 Å². The maximum Gasteiger partial charge on any atom is 0.0577 e. The zero-order valence-electron chi connectivity index (χ0n) is 6.61. The van der Waals surface area contributed by atoms with Crippen LogP contribution >= 0.6 is 0 Å². The molecule has 2 fully saturated rings. The molecule has 1 nitrogen and oxygen atoms in total.